The highest BCUT2D eigenvalue weighted by atomic mass is 35.5. The summed E-state index contributed by atoms with van der Waals surface area (Å²) < 4.78 is 6.51. The molecule has 0 spiro atoms. The number of rotatable bonds is 10. The van der Waals surface area contributed by atoms with Gasteiger partial charge in [0.1, 0.15) is 17.6 Å². The van der Waals surface area contributed by atoms with Crippen LogP contribution in [0.5, 0.6) is 11.5 Å². The number of phenolic OH excluding ortho intramolecular Hbond substituents is 1. The average molecular weight is 447 g/mol. The van der Waals surface area contributed by atoms with E-state index in [1.807, 2.05) is 0 Å². The molecule has 0 aliphatic rings. The van der Waals surface area contributed by atoms with Crippen LogP contribution in [0.3, 0.4) is 0 Å². The van der Waals surface area contributed by atoms with Crippen LogP contribution in [0.1, 0.15) is 78.9 Å². The zero-order chi connectivity index (χ0) is 23.4. The molecule has 1 unspecified atom stereocenters. The SMILES string of the molecule is CCC(CNc1cc(O)c(N)cc1Cl)Oc1ccc(C(C)(C)CC)cc1C(C)(C)CC. The van der Waals surface area contributed by atoms with Gasteiger partial charge in [-0.2, -0.15) is 0 Å². The maximum Gasteiger partial charge on any atom is 0.140 e. The Labute approximate surface area is 193 Å². The summed E-state index contributed by atoms with van der Waals surface area (Å²) in [6, 6.07) is 9.76. The van der Waals surface area contributed by atoms with Crippen molar-refractivity contribution in [3.05, 3.63) is 46.5 Å². The fourth-order valence-electron chi connectivity index (χ4n) is 3.36. The normalized spacial score (nSPS) is 13.2. The highest BCUT2D eigenvalue weighted by molar-refractivity contribution is 6.33. The lowest BCUT2D eigenvalue weighted by Gasteiger charge is -2.31. The van der Waals surface area contributed by atoms with Crippen LogP contribution in [0.4, 0.5) is 11.4 Å². The molecule has 0 radical (unpaired) electrons. The van der Waals surface area contributed by atoms with E-state index in [4.69, 9.17) is 22.1 Å². The first kappa shape index (κ1) is 25.2. The first-order valence-electron chi connectivity index (χ1n) is 11.3. The second kappa shape index (κ2) is 10.0. The first-order valence-corrected chi connectivity index (χ1v) is 11.7. The van der Waals surface area contributed by atoms with Crippen molar-refractivity contribution in [1.29, 1.82) is 0 Å². The van der Waals surface area contributed by atoms with Crippen molar-refractivity contribution >= 4 is 23.0 Å². The minimum Gasteiger partial charge on any atom is -0.506 e. The fraction of sp³-hybridized carbons (Fsp3) is 0.538. The predicted molar refractivity (Wildman–Crippen MR) is 134 cm³/mol. The molecule has 5 heteroatoms. The summed E-state index contributed by atoms with van der Waals surface area (Å²) in [5, 5.41) is 13.7. The van der Waals surface area contributed by atoms with Crippen molar-refractivity contribution in [2.45, 2.75) is 84.7 Å². The molecule has 0 bridgehead atoms. The van der Waals surface area contributed by atoms with Crippen molar-refractivity contribution in [3.8, 4) is 11.5 Å². The molecular formula is C26H39ClN2O2. The third-order valence-electron chi connectivity index (χ3n) is 6.64. The smallest absolute Gasteiger partial charge is 0.140 e. The van der Waals surface area contributed by atoms with Crippen molar-refractivity contribution < 1.29 is 9.84 Å². The van der Waals surface area contributed by atoms with Crippen LogP contribution in [0.2, 0.25) is 5.02 Å². The summed E-state index contributed by atoms with van der Waals surface area (Å²) in [4.78, 5) is 0. The van der Waals surface area contributed by atoms with Crippen molar-refractivity contribution in [1.82, 2.24) is 0 Å². The molecule has 31 heavy (non-hydrogen) atoms. The lowest BCUT2D eigenvalue weighted by atomic mass is 9.76. The Bertz CT molecular complexity index is 893. The number of hydrogen-bond acceptors (Lipinski definition) is 4. The minimum absolute atomic E-state index is 0.00688. The number of nitrogens with one attached hydrogen (secondary N) is 1. The second-order valence-corrected chi connectivity index (χ2v) is 10.0. The van der Waals surface area contributed by atoms with E-state index in [9.17, 15) is 5.11 Å². The zero-order valence-electron chi connectivity index (χ0n) is 20.1. The van der Waals surface area contributed by atoms with Gasteiger partial charge in [-0.05, 0) is 47.8 Å². The number of ether oxygens (including phenoxy) is 1. The lowest BCUT2D eigenvalue weighted by molar-refractivity contribution is 0.204. The minimum atomic E-state index is -0.0489. The van der Waals surface area contributed by atoms with E-state index in [1.165, 1.54) is 11.1 Å². The largest absolute Gasteiger partial charge is 0.506 e. The Balaban J connectivity index is 2.29. The number of hydrogen-bond donors (Lipinski definition) is 3. The summed E-state index contributed by atoms with van der Waals surface area (Å²) in [6.07, 6.45) is 2.89. The molecule has 0 saturated carbocycles. The topological polar surface area (TPSA) is 67.5 Å². The van der Waals surface area contributed by atoms with Crippen LogP contribution in [0.15, 0.2) is 30.3 Å². The van der Waals surface area contributed by atoms with Gasteiger partial charge in [-0.3, -0.25) is 0 Å². The van der Waals surface area contributed by atoms with Gasteiger partial charge in [-0.1, -0.05) is 72.2 Å². The molecule has 2 rings (SSSR count). The summed E-state index contributed by atoms with van der Waals surface area (Å²) in [5.74, 6) is 0.948. The lowest BCUT2D eigenvalue weighted by Crippen LogP contribution is -2.28. The van der Waals surface area contributed by atoms with Crippen LogP contribution in [-0.4, -0.2) is 17.8 Å². The van der Waals surface area contributed by atoms with Crippen LogP contribution < -0.4 is 15.8 Å². The number of halogens is 1. The molecule has 2 aromatic rings. The molecule has 0 aliphatic carbocycles. The summed E-state index contributed by atoms with van der Waals surface area (Å²) >= 11 is 6.27. The third-order valence-corrected chi connectivity index (χ3v) is 6.96. The van der Waals surface area contributed by atoms with Gasteiger partial charge < -0.3 is 20.9 Å². The van der Waals surface area contributed by atoms with Crippen LogP contribution in [-0.2, 0) is 10.8 Å². The van der Waals surface area contributed by atoms with Gasteiger partial charge in [0.05, 0.1) is 22.9 Å². The molecule has 0 aliphatic heterocycles. The van der Waals surface area contributed by atoms with E-state index in [-0.39, 0.29) is 28.4 Å². The zero-order valence-corrected chi connectivity index (χ0v) is 20.9. The van der Waals surface area contributed by atoms with Crippen LogP contribution in [0.25, 0.3) is 0 Å². The Morgan fingerprint density at radius 3 is 2.26 bits per heavy atom. The van der Waals surface area contributed by atoms with Gasteiger partial charge in [-0.25, -0.2) is 0 Å². The van der Waals surface area contributed by atoms with Gasteiger partial charge >= 0.3 is 0 Å². The molecular weight excluding hydrogens is 408 g/mol. The van der Waals surface area contributed by atoms with Gasteiger partial charge in [0.15, 0.2) is 0 Å². The fourth-order valence-corrected chi connectivity index (χ4v) is 3.60. The number of aromatic hydroxyl groups is 1. The van der Waals surface area contributed by atoms with Gasteiger partial charge in [0.2, 0.25) is 0 Å². The Morgan fingerprint density at radius 1 is 1.03 bits per heavy atom. The van der Waals surface area contributed by atoms with Gasteiger partial charge in [-0.15, -0.1) is 0 Å². The Kier molecular flexibility index (Phi) is 8.15. The van der Waals surface area contributed by atoms with E-state index in [1.54, 1.807) is 12.1 Å². The van der Waals surface area contributed by atoms with E-state index < -0.39 is 0 Å². The van der Waals surface area contributed by atoms with E-state index in [0.29, 0.717) is 17.3 Å². The molecule has 0 fully saturated rings. The molecule has 0 saturated heterocycles. The first-order chi connectivity index (χ1) is 14.4. The molecule has 2 aromatic carbocycles. The van der Waals surface area contributed by atoms with E-state index in [0.717, 1.165) is 25.0 Å². The average Bonchev–Trinajstić information content (AvgIpc) is 2.74. The Morgan fingerprint density at radius 2 is 1.68 bits per heavy atom. The monoisotopic (exact) mass is 446 g/mol. The van der Waals surface area contributed by atoms with Crippen molar-refractivity contribution in [2.24, 2.45) is 0 Å². The van der Waals surface area contributed by atoms with Gasteiger partial charge in [0.25, 0.3) is 0 Å². The van der Waals surface area contributed by atoms with E-state index in [2.05, 4.69) is 72.0 Å². The standard InChI is InChI=1S/C26H39ClN2O2/c1-8-18(16-29-22-15-23(30)21(28)14-20(22)27)31-24-12-11-17(25(4,5)9-2)13-19(24)26(6,7)10-3/h11-15,18,29-30H,8-10,16,28H2,1-7H3. The number of nitrogen functional groups attached to an aromatic ring is 1. The second-order valence-electron chi connectivity index (χ2n) is 9.61. The molecule has 172 valence electrons. The van der Waals surface area contributed by atoms with Crippen molar-refractivity contribution in [3.63, 3.8) is 0 Å². The molecule has 4 nitrogen and oxygen atoms in total. The summed E-state index contributed by atoms with van der Waals surface area (Å²) in [5.41, 5.74) is 9.33. The van der Waals surface area contributed by atoms with Crippen molar-refractivity contribution in [2.75, 3.05) is 17.6 Å². The Hall–Kier alpha value is -2.07. The number of benzene rings is 2. The number of phenols is 1. The predicted octanol–water partition coefficient (Wildman–Crippen LogP) is 7.27. The molecule has 0 amide bonds. The third kappa shape index (κ3) is 6.00. The molecule has 0 heterocycles. The summed E-state index contributed by atoms with van der Waals surface area (Å²) in [7, 11) is 0. The van der Waals surface area contributed by atoms with Crippen LogP contribution >= 0.6 is 11.6 Å². The summed E-state index contributed by atoms with van der Waals surface area (Å²) in [6.45, 7) is 16.2. The number of anilines is 2. The highest BCUT2D eigenvalue weighted by Gasteiger charge is 2.27. The number of nitrogens with two attached hydrogens (primary N) is 1. The van der Waals surface area contributed by atoms with Gasteiger partial charge in [0, 0.05) is 11.6 Å². The maximum absolute atomic E-state index is 9.89. The highest BCUT2D eigenvalue weighted by Crippen LogP contribution is 2.39. The quantitative estimate of drug-likeness (QED) is 0.265. The molecule has 1 atom stereocenters. The maximum atomic E-state index is 9.89. The van der Waals surface area contributed by atoms with Crippen LogP contribution in [0, 0.1) is 0 Å². The molecule has 4 N–H and O–H groups in total. The molecule has 0 aromatic heterocycles. The van der Waals surface area contributed by atoms with E-state index >= 15 is 0 Å².